The van der Waals surface area contributed by atoms with E-state index in [2.05, 4.69) is 46.7 Å². The summed E-state index contributed by atoms with van der Waals surface area (Å²) in [6.07, 6.45) is 9.30. The number of nitrogens with two attached hydrogens (primary N) is 1. The fourth-order valence-electron chi connectivity index (χ4n) is 5.80. The van der Waals surface area contributed by atoms with E-state index in [1.54, 1.807) is 0 Å². The first kappa shape index (κ1) is 28.0. The third kappa shape index (κ3) is 6.97. The van der Waals surface area contributed by atoms with E-state index >= 15 is 0 Å². The van der Waals surface area contributed by atoms with Gasteiger partial charge in [0.2, 0.25) is 11.8 Å². The van der Waals surface area contributed by atoms with Crippen LogP contribution >= 0.6 is 0 Å². The first-order valence-electron chi connectivity index (χ1n) is 14.7. The first-order valence-corrected chi connectivity index (χ1v) is 14.7. The number of hydrogen-bond donors (Lipinski definition) is 2. The Kier molecular flexibility index (Phi) is 8.36. The monoisotopic (exact) mass is 538 g/mol. The molecule has 40 heavy (non-hydrogen) atoms. The zero-order valence-electron chi connectivity index (χ0n) is 24.0. The average molecular weight is 539 g/mol. The molecule has 0 saturated heterocycles. The van der Waals surface area contributed by atoms with Crippen molar-refractivity contribution < 1.29 is 9.59 Å². The number of anilines is 1. The summed E-state index contributed by atoms with van der Waals surface area (Å²) < 4.78 is 0. The van der Waals surface area contributed by atoms with Crippen molar-refractivity contribution in [3.05, 3.63) is 72.4 Å². The van der Waals surface area contributed by atoms with Gasteiger partial charge in [-0.05, 0) is 92.5 Å². The lowest BCUT2D eigenvalue weighted by Gasteiger charge is -2.34. The van der Waals surface area contributed by atoms with Gasteiger partial charge in [0, 0.05) is 43.2 Å². The van der Waals surface area contributed by atoms with Gasteiger partial charge in [0.25, 0.3) is 0 Å². The van der Waals surface area contributed by atoms with Crippen LogP contribution in [0.5, 0.6) is 0 Å². The maximum Gasteiger partial charge on any atom is 0.225 e. The fourth-order valence-corrected chi connectivity index (χ4v) is 5.80. The summed E-state index contributed by atoms with van der Waals surface area (Å²) in [6.45, 7) is 4.00. The number of carbonyl (C=O) groups excluding carboxylic acids is 2. The van der Waals surface area contributed by atoms with Crippen LogP contribution in [0.1, 0.15) is 70.8 Å². The van der Waals surface area contributed by atoms with E-state index in [9.17, 15) is 9.59 Å². The first-order chi connectivity index (χ1) is 19.2. The molecule has 0 radical (unpaired) electrons. The second-order valence-corrected chi connectivity index (χ2v) is 12.4. The maximum absolute atomic E-state index is 13.0. The van der Waals surface area contributed by atoms with Gasteiger partial charge in [-0.2, -0.15) is 0 Å². The highest BCUT2D eigenvalue weighted by Gasteiger charge is 2.31. The van der Waals surface area contributed by atoms with Gasteiger partial charge in [-0.1, -0.05) is 54.6 Å². The molecule has 1 aromatic heterocycles. The van der Waals surface area contributed by atoms with E-state index in [4.69, 9.17) is 5.73 Å². The van der Waals surface area contributed by atoms with Crippen LogP contribution in [0, 0.1) is 11.8 Å². The minimum atomic E-state index is -0.407. The van der Waals surface area contributed by atoms with Crippen molar-refractivity contribution in [3.63, 3.8) is 0 Å². The smallest absolute Gasteiger partial charge is 0.225 e. The predicted octanol–water partition coefficient (Wildman–Crippen LogP) is 6.76. The van der Waals surface area contributed by atoms with Crippen molar-refractivity contribution in [1.29, 1.82) is 0 Å². The predicted molar refractivity (Wildman–Crippen MR) is 161 cm³/mol. The summed E-state index contributed by atoms with van der Waals surface area (Å²) >= 11 is 0. The van der Waals surface area contributed by atoms with Gasteiger partial charge in [0.1, 0.15) is 5.82 Å². The number of amides is 2. The van der Waals surface area contributed by atoms with E-state index in [0.29, 0.717) is 36.5 Å². The van der Waals surface area contributed by atoms with Crippen molar-refractivity contribution >= 4 is 17.6 Å². The minimum Gasteiger partial charge on any atom is -0.343 e. The van der Waals surface area contributed by atoms with Crippen LogP contribution in [0.25, 0.3) is 22.3 Å². The number of pyridine rings is 1. The molecule has 5 rings (SSSR count). The van der Waals surface area contributed by atoms with Crippen LogP contribution in [0.2, 0.25) is 0 Å². The molecule has 2 amide bonds. The average Bonchev–Trinajstić information content (AvgIpc) is 3.77. The molecule has 210 valence electrons. The molecule has 3 N–H and O–H groups in total. The van der Waals surface area contributed by atoms with Gasteiger partial charge < -0.3 is 16.0 Å². The molecule has 0 atom stereocenters. The van der Waals surface area contributed by atoms with Crippen molar-refractivity contribution in [2.45, 2.75) is 76.8 Å². The lowest BCUT2D eigenvalue weighted by atomic mass is 9.83. The normalized spacial score (nSPS) is 19.2. The van der Waals surface area contributed by atoms with Gasteiger partial charge >= 0.3 is 0 Å². The fraction of sp³-hybridized carbons (Fsp3) is 0.441. The van der Waals surface area contributed by atoms with E-state index in [-0.39, 0.29) is 11.8 Å². The standard InChI is InChI=1S/C34H42N4O2/c1-34(2,35)27-15-13-26(14-16-27)30-22-36-31(21-29(30)25-7-5-4-6-8-25)37-32(39)19-23-11-17-28(18-12-23)38(3)33(40)20-24-9-10-24/h4-8,13-16,21-24,28H,9-12,17-20,35H2,1-3H3,(H,36,37,39)/t23-,28-. The van der Waals surface area contributed by atoms with Crippen LogP contribution in [0.15, 0.2) is 66.9 Å². The molecule has 2 saturated carbocycles. The minimum absolute atomic E-state index is 0.00425. The van der Waals surface area contributed by atoms with Crippen LogP contribution < -0.4 is 11.1 Å². The Labute approximate surface area is 238 Å². The molecule has 6 nitrogen and oxygen atoms in total. The van der Waals surface area contributed by atoms with E-state index in [1.807, 2.05) is 56.3 Å². The molecule has 0 bridgehead atoms. The number of carbonyl (C=O) groups is 2. The number of nitrogens with zero attached hydrogens (tertiary/aromatic N) is 2. The molecule has 0 aliphatic heterocycles. The molecule has 2 aliphatic carbocycles. The summed E-state index contributed by atoms with van der Waals surface area (Å²) in [5, 5.41) is 3.06. The molecule has 2 fully saturated rings. The summed E-state index contributed by atoms with van der Waals surface area (Å²) in [4.78, 5) is 32.1. The molecule has 2 aromatic carbocycles. The Bertz CT molecular complexity index is 1320. The van der Waals surface area contributed by atoms with Crippen LogP contribution in [0.4, 0.5) is 5.82 Å². The lowest BCUT2D eigenvalue weighted by Crippen LogP contribution is -2.40. The Morgan fingerprint density at radius 1 is 0.875 bits per heavy atom. The molecular weight excluding hydrogens is 496 g/mol. The maximum atomic E-state index is 13.0. The third-order valence-electron chi connectivity index (χ3n) is 8.59. The Hall–Kier alpha value is -3.51. The lowest BCUT2D eigenvalue weighted by molar-refractivity contribution is -0.133. The molecule has 3 aromatic rings. The second-order valence-electron chi connectivity index (χ2n) is 12.4. The molecular formula is C34H42N4O2. The summed E-state index contributed by atoms with van der Waals surface area (Å²) in [5.41, 5.74) is 11.1. The van der Waals surface area contributed by atoms with Gasteiger partial charge in [0.15, 0.2) is 0 Å². The Balaban J connectivity index is 1.24. The third-order valence-corrected chi connectivity index (χ3v) is 8.59. The zero-order valence-corrected chi connectivity index (χ0v) is 24.0. The number of benzene rings is 2. The van der Waals surface area contributed by atoms with Crippen molar-refractivity contribution in [3.8, 4) is 22.3 Å². The summed E-state index contributed by atoms with van der Waals surface area (Å²) in [5.74, 6) is 1.79. The SMILES string of the molecule is CN(C(=O)CC1CC1)[C@H]1CC[C@H](CC(=O)Nc2cc(-c3ccccc3)c(-c3ccc(C(C)(C)N)cc3)cn2)CC1. The molecule has 1 heterocycles. The second kappa shape index (κ2) is 11.9. The quantitative estimate of drug-likeness (QED) is 0.315. The number of nitrogens with one attached hydrogen (secondary N) is 1. The topological polar surface area (TPSA) is 88.3 Å². The van der Waals surface area contributed by atoms with Gasteiger partial charge in [-0.3, -0.25) is 9.59 Å². The van der Waals surface area contributed by atoms with Crippen LogP contribution in [-0.2, 0) is 15.1 Å². The van der Waals surface area contributed by atoms with Crippen molar-refractivity contribution in [2.75, 3.05) is 12.4 Å². The van der Waals surface area contributed by atoms with E-state index in [1.165, 1.54) is 12.8 Å². The largest absolute Gasteiger partial charge is 0.343 e. The van der Waals surface area contributed by atoms with Gasteiger partial charge in [-0.25, -0.2) is 4.98 Å². The van der Waals surface area contributed by atoms with E-state index in [0.717, 1.165) is 53.5 Å². The van der Waals surface area contributed by atoms with E-state index < -0.39 is 5.54 Å². The number of hydrogen-bond acceptors (Lipinski definition) is 4. The molecule has 6 heteroatoms. The molecule has 0 unspecified atom stereocenters. The molecule has 0 spiro atoms. The summed E-state index contributed by atoms with van der Waals surface area (Å²) in [6, 6.07) is 20.8. The number of rotatable bonds is 9. The highest BCUT2D eigenvalue weighted by molar-refractivity contribution is 5.92. The van der Waals surface area contributed by atoms with Crippen LogP contribution in [0.3, 0.4) is 0 Å². The van der Waals surface area contributed by atoms with Crippen molar-refractivity contribution in [1.82, 2.24) is 9.88 Å². The zero-order chi connectivity index (χ0) is 28.3. The van der Waals surface area contributed by atoms with Gasteiger partial charge in [-0.15, -0.1) is 0 Å². The van der Waals surface area contributed by atoms with Crippen molar-refractivity contribution in [2.24, 2.45) is 17.6 Å². The highest BCUT2D eigenvalue weighted by atomic mass is 16.2. The Morgan fingerprint density at radius 3 is 2.10 bits per heavy atom. The summed E-state index contributed by atoms with van der Waals surface area (Å²) in [7, 11) is 1.95. The number of aromatic nitrogens is 1. The van der Waals surface area contributed by atoms with Crippen LogP contribution in [-0.4, -0.2) is 34.8 Å². The Morgan fingerprint density at radius 2 is 1.48 bits per heavy atom. The van der Waals surface area contributed by atoms with Gasteiger partial charge in [0.05, 0.1) is 0 Å². The molecule has 2 aliphatic rings. The highest BCUT2D eigenvalue weighted by Crippen LogP contribution is 2.36.